The summed E-state index contributed by atoms with van der Waals surface area (Å²) in [6.45, 7) is 0.220. The molecule has 2 aliphatic rings. The Morgan fingerprint density at radius 3 is 2.31 bits per heavy atom. The Balaban J connectivity index is 1.92. The third-order valence-corrected chi connectivity index (χ3v) is 3.85. The van der Waals surface area contributed by atoms with E-state index in [-0.39, 0.29) is 12.1 Å². The van der Waals surface area contributed by atoms with Crippen LogP contribution in [0.5, 0.6) is 0 Å². The second kappa shape index (κ2) is 3.86. The molecule has 2 saturated carbocycles. The van der Waals surface area contributed by atoms with Crippen molar-refractivity contribution in [2.45, 2.75) is 37.3 Å². The Hall–Kier alpha value is -0.860. The van der Waals surface area contributed by atoms with Crippen molar-refractivity contribution in [3.63, 3.8) is 0 Å². The first-order valence-electron chi connectivity index (χ1n) is 6.29. The molecule has 2 N–H and O–H groups in total. The van der Waals surface area contributed by atoms with Crippen molar-refractivity contribution in [1.29, 1.82) is 0 Å². The molecule has 2 fully saturated rings. The highest BCUT2D eigenvalue weighted by molar-refractivity contribution is 5.28. The summed E-state index contributed by atoms with van der Waals surface area (Å²) >= 11 is 0. The fourth-order valence-electron chi connectivity index (χ4n) is 2.61. The number of aliphatic hydroxyl groups excluding tert-OH is 1. The van der Waals surface area contributed by atoms with Crippen LogP contribution < -0.4 is 5.32 Å². The van der Waals surface area contributed by atoms with Crippen molar-refractivity contribution < 1.29 is 5.11 Å². The summed E-state index contributed by atoms with van der Waals surface area (Å²) in [5.74, 6) is 0.625. The van der Waals surface area contributed by atoms with E-state index in [0.29, 0.717) is 12.0 Å². The second-order valence-electron chi connectivity index (χ2n) is 5.19. The summed E-state index contributed by atoms with van der Waals surface area (Å²) in [6, 6.07) is 11.1. The quantitative estimate of drug-likeness (QED) is 0.791. The van der Waals surface area contributed by atoms with Crippen LogP contribution in [-0.2, 0) is 5.54 Å². The van der Waals surface area contributed by atoms with Gasteiger partial charge in [-0.2, -0.15) is 0 Å². The predicted molar refractivity (Wildman–Crippen MR) is 64.1 cm³/mol. The molecule has 86 valence electrons. The average Bonchev–Trinajstić information content (AvgIpc) is 3.18. The molecule has 0 heterocycles. The van der Waals surface area contributed by atoms with Crippen LogP contribution in [0.15, 0.2) is 30.3 Å². The van der Waals surface area contributed by atoms with Crippen molar-refractivity contribution in [1.82, 2.24) is 5.32 Å². The molecule has 0 saturated heterocycles. The van der Waals surface area contributed by atoms with Gasteiger partial charge in [-0.3, -0.25) is 0 Å². The SMILES string of the molecule is OCC(NC1CC1)(c1ccccc1)C1CC1. The highest BCUT2D eigenvalue weighted by atomic mass is 16.3. The summed E-state index contributed by atoms with van der Waals surface area (Å²) in [4.78, 5) is 0. The Kier molecular flexibility index (Phi) is 2.49. The van der Waals surface area contributed by atoms with Crippen LogP contribution in [-0.4, -0.2) is 17.8 Å². The van der Waals surface area contributed by atoms with Gasteiger partial charge in [-0.15, -0.1) is 0 Å². The summed E-state index contributed by atoms with van der Waals surface area (Å²) in [5, 5.41) is 13.5. The third-order valence-electron chi connectivity index (χ3n) is 3.85. The lowest BCUT2D eigenvalue weighted by molar-refractivity contribution is 0.137. The summed E-state index contributed by atoms with van der Waals surface area (Å²) < 4.78 is 0. The summed E-state index contributed by atoms with van der Waals surface area (Å²) in [5.41, 5.74) is 1.09. The average molecular weight is 217 g/mol. The number of hydrogen-bond acceptors (Lipinski definition) is 2. The van der Waals surface area contributed by atoms with Crippen LogP contribution in [0.3, 0.4) is 0 Å². The second-order valence-corrected chi connectivity index (χ2v) is 5.19. The van der Waals surface area contributed by atoms with Gasteiger partial charge < -0.3 is 10.4 Å². The van der Waals surface area contributed by atoms with Crippen molar-refractivity contribution >= 4 is 0 Å². The minimum atomic E-state index is -0.164. The van der Waals surface area contributed by atoms with Crippen LogP contribution in [0.4, 0.5) is 0 Å². The van der Waals surface area contributed by atoms with Gasteiger partial charge in [0, 0.05) is 6.04 Å². The Morgan fingerprint density at radius 2 is 1.81 bits per heavy atom. The molecular formula is C14H19NO. The molecule has 2 heteroatoms. The smallest absolute Gasteiger partial charge is 0.0699 e. The van der Waals surface area contributed by atoms with Crippen LogP contribution in [0.1, 0.15) is 31.2 Å². The predicted octanol–water partition coefficient (Wildman–Crippen LogP) is 2.04. The molecule has 1 atom stereocenters. The molecule has 0 aromatic heterocycles. The highest BCUT2D eigenvalue weighted by Gasteiger charge is 2.48. The zero-order valence-corrected chi connectivity index (χ0v) is 9.52. The Bertz CT molecular complexity index is 356. The van der Waals surface area contributed by atoms with E-state index in [0.717, 1.165) is 0 Å². The minimum Gasteiger partial charge on any atom is -0.394 e. The normalized spacial score (nSPS) is 24.1. The fraction of sp³-hybridized carbons (Fsp3) is 0.571. The van der Waals surface area contributed by atoms with E-state index >= 15 is 0 Å². The number of rotatable bonds is 5. The first-order valence-corrected chi connectivity index (χ1v) is 6.29. The molecule has 1 aromatic carbocycles. The van der Waals surface area contributed by atoms with E-state index < -0.39 is 0 Å². The van der Waals surface area contributed by atoms with Gasteiger partial charge in [0.2, 0.25) is 0 Å². The molecule has 1 aromatic rings. The highest BCUT2D eigenvalue weighted by Crippen LogP contribution is 2.47. The van der Waals surface area contributed by atoms with Gasteiger partial charge in [-0.1, -0.05) is 30.3 Å². The van der Waals surface area contributed by atoms with Crippen LogP contribution in [0.2, 0.25) is 0 Å². The first kappa shape index (κ1) is 10.3. The van der Waals surface area contributed by atoms with Crippen molar-refractivity contribution in [2.75, 3.05) is 6.61 Å². The third kappa shape index (κ3) is 1.76. The van der Waals surface area contributed by atoms with Crippen molar-refractivity contribution in [3.05, 3.63) is 35.9 Å². The lowest BCUT2D eigenvalue weighted by atomic mass is 9.85. The molecule has 3 rings (SSSR count). The van der Waals surface area contributed by atoms with Gasteiger partial charge in [0.25, 0.3) is 0 Å². The van der Waals surface area contributed by atoms with Crippen LogP contribution >= 0.6 is 0 Å². The monoisotopic (exact) mass is 217 g/mol. The number of aliphatic hydroxyl groups is 1. The van der Waals surface area contributed by atoms with Gasteiger partial charge in [0.15, 0.2) is 0 Å². The largest absolute Gasteiger partial charge is 0.394 e. The first-order chi connectivity index (χ1) is 7.85. The van der Waals surface area contributed by atoms with Gasteiger partial charge >= 0.3 is 0 Å². The maximum atomic E-state index is 9.85. The summed E-state index contributed by atoms with van der Waals surface area (Å²) in [6.07, 6.45) is 5.02. The molecule has 16 heavy (non-hydrogen) atoms. The molecule has 0 spiro atoms. The zero-order valence-electron chi connectivity index (χ0n) is 9.52. The number of benzene rings is 1. The number of hydrogen-bond donors (Lipinski definition) is 2. The van der Waals surface area contributed by atoms with E-state index in [2.05, 4.69) is 29.6 Å². The topological polar surface area (TPSA) is 32.3 Å². The van der Waals surface area contributed by atoms with Crippen molar-refractivity contribution in [3.8, 4) is 0 Å². The molecule has 0 bridgehead atoms. The van der Waals surface area contributed by atoms with E-state index in [1.807, 2.05) is 6.07 Å². The maximum absolute atomic E-state index is 9.85. The molecule has 0 radical (unpaired) electrons. The maximum Gasteiger partial charge on any atom is 0.0699 e. The Labute approximate surface area is 96.7 Å². The van der Waals surface area contributed by atoms with Crippen LogP contribution in [0, 0.1) is 5.92 Å². The van der Waals surface area contributed by atoms with Crippen molar-refractivity contribution in [2.24, 2.45) is 5.92 Å². The molecule has 0 aliphatic heterocycles. The fourth-order valence-corrected chi connectivity index (χ4v) is 2.61. The standard InChI is InChI=1S/C14H19NO/c16-10-14(12-6-7-12,15-13-8-9-13)11-4-2-1-3-5-11/h1-5,12-13,15-16H,6-10H2. The van der Waals surface area contributed by atoms with Gasteiger partial charge in [-0.25, -0.2) is 0 Å². The zero-order chi connectivity index (χ0) is 11.0. The van der Waals surface area contributed by atoms with E-state index in [1.54, 1.807) is 0 Å². The molecular weight excluding hydrogens is 198 g/mol. The minimum absolute atomic E-state index is 0.164. The van der Waals surface area contributed by atoms with E-state index in [9.17, 15) is 5.11 Å². The Morgan fingerprint density at radius 1 is 1.12 bits per heavy atom. The lowest BCUT2D eigenvalue weighted by Crippen LogP contribution is -2.48. The van der Waals surface area contributed by atoms with Gasteiger partial charge in [-0.05, 0) is 37.2 Å². The summed E-state index contributed by atoms with van der Waals surface area (Å²) in [7, 11) is 0. The van der Waals surface area contributed by atoms with Gasteiger partial charge in [0.05, 0.1) is 12.1 Å². The van der Waals surface area contributed by atoms with Gasteiger partial charge in [0.1, 0.15) is 0 Å². The lowest BCUT2D eigenvalue weighted by Gasteiger charge is -2.34. The van der Waals surface area contributed by atoms with E-state index in [1.165, 1.54) is 31.2 Å². The van der Waals surface area contributed by atoms with Crippen LogP contribution in [0.25, 0.3) is 0 Å². The molecule has 2 aliphatic carbocycles. The number of nitrogens with one attached hydrogen (secondary N) is 1. The molecule has 1 unspecified atom stereocenters. The van der Waals surface area contributed by atoms with E-state index in [4.69, 9.17) is 0 Å². The molecule has 2 nitrogen and oxygen atoms in total. The molecule has 0 amide bonds.